The zero-order valence-corrected chi connectivity index (χ0v) is 16.8. The molecule has 0 saturated carbocycles. The Labute approximate surface area is 177 Å². The summed E-state index contributed by atoms with van der Waals surface area (Å²) in [5.41, 5.74) is 2.58. The van der Waals surface area contributed by atoms with Gasteiger partial charge in [-0.25, -0.2) is 4.79 Å². The standard InChI is InChI=1S/C23H17NO5S/c1-15-6-2-3-8-17(15)14-24-21(25)20(30-23(24)27)13-16-7-4-9-18(12-16)29-22(26)19-10-5-11-28-19/h2-13H,14H2,1H3/b20-13-. The van der Waals surface area contributed by atoms with Gasteiger partial charge in [0.25, 0.3) is 11.1 Å². The Morgan fingerprint density at radius 2 is 1.93 bits per heavy atom. The molecular formula is C23H17NO5S. The molecule has 150 valence electrons. The highest BCUT2D eigenvalue weighted by Gasteiger charge is 2.35. The molecule has 2 amide bonds. The molecule has 0 bridgehead atoms. The molecule has 1 saturated heterocycles. The molecule has 0 N–H and O–H groups in total. The lowest BCUT2D eigenvalue weighted by Crippen LogP contribution is -2.27. The van der Waals surface area contributed by atoms with Gasteiger partial charge in [-0.1, -0.05) is 36.4 Å². The van der Waals surface area contributed by atoms with E-state index in [1.807, 2.05) is 31.2 Å². The number of nitrogens with zero attached hydrogens (tertiary/aromatic N) is 1. The SMILES string of the molecule is Cc1ccccc1CN1C(=O)S/C(=C\c2cccc(OC(=O)c3ccco3)c2)C1=O. The Kier molecular flexibility index (Phi) is 5.54. The maximum Gasteiger partial charge on any atom is 0.379 e. The lowest BCUT2D eigenvalue weighted by atomic mass is 10.1. The molecule has 30 heavy (non-hydrogen) atoms. The van der Waals surface area contributed by atoms with Gasteiger partial charge in [0.2, 0.25) is 5.76 Å². The smallest absolute Gasteiger partial charge is 0.379 e. The third-order valence-corrected chi connectivity index (χ3v) is 5.46. The maximum atomic E-state index is 12.8. The third-order valence-electron chi connectivity index (χ3n) is 4.55. The molecule has 4 rings (SSSR count). The average molecular weight is 419 g/mol. The van der Waals surface area contributed by atoms with Crippen LogP contribution in [-0.4, -0.2) is 22.0 Å². The second kappa shape index (κ2) is 8.42. The Hall–Kier alpha value is -3.58. The molecule has 1 fully saturated rings. The summed E-state index contributed by atoms with van der Waals surface area (Å²) in [5, 5.41) is -0.310. The monoisotopic (exact) mass is 419 g/mol. The van der Waals surface area contributed by atoms with Gasteiger partial charge < -0.3 is 9.15 Å². The minimum Gasteiger partial charge on any atom is -0.457 e. The summed E-state index contributed by atoms with van der Waals surface area (Å²) in [4.78, 5) is 38.8. The molecule has 7 heteroatoms. The van der Waals surface area contributed by atoms with E-state index >= 15 is 0 Å². The number of ether oxygens (including phenoxy) is 1. The van der Waals surface area contributed by atoms with E-state index in [-0.39, 0.29) is 23.5 Å². The lowest BCUT2D eigenvalue weighted by molar-refractivity contribution is -0.123. The number of amides is 2. The Morgan fingerprint density at radius 3 is 2.70 bits per heavy atom. The van der Waals surface area contributed by atoms with Crippen LogP contribution in [0.15, 0.2) is 76.2 Å². The fraction of sp³-hybridized carbons (Fsp3) is 0.0870. The summed E-state index contributed by atoms with van der Waals surface area (Å²) < 4.78 is 10.3. The van der Waals surface area contributed by atoms with Gasteiger partial charge in [-0.05, 0) is 65.7 Å². The molecule has 1 aromatic heterocycles. The van der Waals surface area contributed by atoms with E-state index in [4.69, 9.17) is 9.15 Å². The molecule has 2 heterocycles. The van der Waals surface area contributed by atoms with E-state index in [9.17, 15) is 14.4 Å². The lowest BCUT2D eigenvalue weighted by Gasteiger charge is -2.14. The summed E-state index contributed by atoms with van der Waals surface area (Å²) in [6.45, 7) is 2.18. The van der Waals surface area contributed by atoms with E-state index in [0.29, 0.717) is 16.2 Å². The van der Waals surface area contributed by atoms with Crippen molar-refractivity contribution in [1.29, 1.82) is 0 Å². The Bertz CT molecular complexity index is 1150. The highest BCUT2D eigenvalue weighted by molar-refractivity contribution is 8.18. The number of thioether (sulfide) groups is 1. The van der Waals surface area contributed by atoms with Crippen LogP contribution < -0.4 is 4.74 Å². The molecular weight excluding hydrogens is 402 g/mol. The number of aryl methyl sites for hydroxylation is 1. The second-order valence-electron chi connectivity index (χ2n) is 6.63. The topological polar surface area (TPSA) is 76.8 Å². The van der Waals surface area contributed by atoms with Crippen LogP contribution in [0, 0.1) is 6.92 Å². The fourth-order valence-electron chi connectivity index (χ4n) is 2.97. The Balaban J connectivity index is 1.51. The molecule has 0 aliphatic carbocycles. The van der Waals surface area contributed by atoms with E-state index in [1.165, 1.54) is 17.2 Å². The number of rotatable bonds is 5. The minimum absolute atomic E-state index is 0.0951. The predicted octanol–water partition coefficient (Wildman–Crippen LogP) is 5.04. The van der Waals surface area contributed by atoms with Gasteiger partial charge in [-0.15, -0.1) is 0 Å². The van der Waals surface area contributed by atoms with Crippen molar-refractivity contribution in [3.8, 4) is 5.75 Å². The van der Waals surface area contributed by atoms with E-state index < -0.39 is 5.97 Å². The van der Waals surface area contributed by atoms with Crippen LogP contribution in [0.3, 0.4) is 0 Å². The van der Waals surface area contributed by atoms with Crippen molar-refractivity contribution in [2.75, 3.05) is 0 Å². The van der Waals surface area contributed by atoms with Gasteiger partial charge in [-0.2, -0.15) is 0 Å². The number of carbonyl (C=O) groups is 3. The van der Waals surface area contributed by atoms with Crippen molar-refractivity contribution in [2.24, 2.45) is 0 Å². The second-order valence-corrected chi connectivity index (χ2v) is 7.63. The molecule has 0 atom stereocenters. The van der Waals surface area contributed by atoms with E-state index in [1.54, 1.807) is 36.4 Å². The zero-order chi connectivity index (χ0) is 21.1. The van der Waals surface area contributed by atoms with Crippen molar-refractivity contribution in [2.45, 2.75) is 13.5 Å². The minimum atomic E-state index is -0.615. The Morgan fingerprint density at radius 1 is 1.10 bits per heavy atom. The number of hydrogen-bond acceptors (Lipinski definition) is 6. The van der Waals surface area contributed by atoms with Gasteiger partial charge >= 0.3 is 5.97 Å². The van der Waals surface area contributed by atoms with Crippen LogP contribution in [0.25, 0.3) is 6.08 Å². The summed E-state index contributed by atoms with van der Waals surface area (Å²) >= 11 is 0.895. The van der Waals surface area contributed by atoms with Gasteiger partial charge in [0.1, 0.15) is 5.75 Å². The van der Waals surface area contributed by atoms with Crippen molar-refractivity contribution < 1.29 is 23.5 Å². The first kappa shape index (κ1) is 19.7. The molecule has 0 spiro atoms. The van der Waals surface area contributed by atoms with Crippen LogP contribution in [0.2, 0.25) is 0 Å². The van der Waals surface area contributed by atoms with Crippen LogP contribution in [0.1, 0.15) is 27.2 Å². The van der Waals surface area contributed by atoms with Crippen LogP contribution in [0.5, 0.6) is 5.75 Å². The number of furan rings is 1. The van der Waals surface area contributed by atoms with E-state index in [2.05, 4.69) is 0 Å². The third kappa shape index (κ3) is 4.21. The van der Waals surface area contributed by atoms with Crippen LogP contribution in [-0.2, 0) is 11.3 Å². The quantitative estimate of drug-likeness (QED) is 0.327. The van der Waals surface area contributed by atoms with Gasteiger partial charge in [-0.3, -0.25) is 14.5 Å². The number of imide groups is 1. The summed E-state index contributed by atoms with van der Waals surface area (Å²) in [6, 6.07) is 17.5. The molecule has 1 aliphatic heterocycles. The van der Waals surface area contributed by atoms with Crippen molar-refractivity contribution in [1.82, 2.24) is 4.90 Å². The zero-order valence-electron chi connectivity index (χ0n) is 16.0. The maximum absolute atomic E-state index is 12.8. The molecule has 2 aromatic carbocycles. The molecule has 6 nitrogen and oxygen atoms in total. The normalized spacial score (nSPS) is 15.1. The average Bonchev–Trinajstić information content (AvgIpc) is 3.35. The fourth-order valence-corrected chi connectivity index (χ4v) is 3.80. The highest BCUT2D eigenvalue weighted by atomic mass is 32.2. The first-order chi connectivity index (χ1) is 14.5. The molecule has 0 unspecified atom stereocenters. The van der Waals surface area contributed by atoms with Crippen molar-refractivity contribution >= 4 is 35.0 Å². The first-order valence-corrected chi connectivity index (χ1v) is 9.98. The van der Waals surface area contributed by atoms with Crippen LogP contribution in [0.4, 0.5) is 4.79 Å². The van der Waals surface area contributed by atoms with Crippen molar-refractivity contribution in [3.05, 3.63) is 94.3 Å². The predicted molar refractivity (Wildman–Crippen MR) is 113 cm³/mol. The summed E-state index contributed by atoms with van der Waals surface area (Å²) in [6.07, 6.45) is 3.01. The highest BCUT2D eigenvalue weighted by Crippen LogP contribution is 2.34. The van der Waals surface area contributed by atoms with Gasteiger partial charge in [0, 0.05) is 0 Å². The summed E-state index contributed by atoms with van der Waals surface area (Å²) in [7, 11) is 0. The number of benzene rings is 2. The number of carbonyl (C=O) groups excluding carboxylic acids is 3. The van der Waals surface area contributed by atoms with Crippen molar-refractivity contribution in [3.63, 3.8) is 0 Å². The van der Waals surface area contributed by atoms with Crippen LogP contribution >= 0.6 is 11.8 Å². The number of esters is 1. The van der Waals surface area contributed by atoms with E-state index in [0.717, 1.165) is 22.9 Å². The number of hydrogen-bond donors (Lipinski definition) is 0. The van der Waals surface area contributed by atoms with Gasteiger partial charge in [0.05, 0.1) is 17.7 Å². The summed E-state index contributed by atoms with van der Waals surface area (Å²) in [5.74, 6) is -0.552. The molecule has 3 aromatic rings. The first-order valence-electron chi connectivity index (χ1n) is 9.17. The molecule has 0 radical (unpaired) electrons. The molecule has 1 aliphatic rings. The largest absolute Gasteiger partial charge is 0.457 e. The van der Waals surface area contributed by atoms with Gasteiger partial charge in [0.15, 0.2) is 0 Å².